The summed E-state index contributed by atoms with van der Waals surface area (Å²) in [7, 11) is 0. The third-order valence-corrected chi connectivity index (χ3v) is 6.42. The predicted octanol–water partition coefficient (Wildman–Crippen LogP) is 6.91. The molecule has 0 atom stereocenters. The summed E-state index contributed by atoms with van der Waals surface area (Å²) in [5.41, 5.74) is 8.22. The Morgan fingerprint density at radius 3 is 1.20 bits per heavy atom. The summed E-state index contributed by atoms with van der Waals surface area (Å²) in [6.07, 6.45) is 2.01. The molecule has 0 saturated heterocycles. The maximum atomic E-state index is 9.93. The van der Waals surface area contributed by atoms with Crippen molar-refractivity contribution in [2.24, 2.45) is 0 Å². The van der Waals surface area contributed by atoms with Crippen LogP contribution in [0.4, 0.5) is 11.4 Å². The molecule has 6 nitrogen and oxygen atoms in total. The standard InChI is InChI=1S/C29H30N2O4/c1-3-24-22(15-17-26(30(32)33)28(24)20-11-7-5-8-12-20)19-23-16-18-27(31(34)35)29(25(23)4-2)21-13-9-6-10-14-21/h5-18,32-35H,3-4,19H2,1-2H3. The topological polar surface area (TPSA) is 87.4 Å². The highest BCUT2D eigenvalue weighted by Crippen LogP contribution is 2.39. The van der Waals surface area contributed by atoms with E-state index in [1.807, 2.05) is 72.8 Å². The van der Waals surface area contributed by atoms with Crippen LogP contribution in [0.25, 0.3) is 22.3 Å². The van der Waals surface area contributed by atoms with Crippen molar-refractivity contribution in [2.45, 2.75) is 33.1 Å². The first-order chi connectivity index (χ1) is 17.0. The minimum absolute atomic E-state index is 0.183. The van der Waals surface area contributed by atoms with Crippen molar-refractivity contribution in [3.63, 3.8) is 0 Å². The molecule has 0 bridgehead atoms. The second-order valence-corrected chi connectivity index (χ2v) is 8.39. The smallest absolute Gasteiger partial charge is 0.102 e. The largest absolute Gasteiger partial charge is 0.264 e. The van der Waals surface area contributed by atoms with E-state index in [0.29, 0.717) is 30.6 Å². The van der Waals surface area contributed by atoms with E-state index in [9.17, 15) is 20.8 Å². The van der Waals surface area contributed by atoms with Gasteiger partial charge in [-0.05, 0) is 64.8 Å². The zero-order valence-corrected chi connectivity index (χ0v) is 19.9. The molecule has 0 aliphatic carbocycles. The zero-order valence-electron chi connectivity index (χ0n) is 19.9. The Kier molecular flexibility index (Phi) is 7.48. The molecule has 4 aromatic rings. The Bertz CT molecular complexity index is 1190. The number of rotatable bonds is 8. The van der Waals surface area contributed by atoms with Gasteiger partial charge < -0.3 is 0 Å². The molecule has 0 unspecified atom stereocenters. The quantitative estimate of drug-likeness (QED) is 0.209. The molecule has 4 N–H and O–H groups in total. The van der Waals surface area contributed by atoms with Crippen molar-refractivity contribution in [3.05, 3.63) is 107 Å². The molecule has 0 saturated carbocycles. The molecule has 0 aliphatic rings. The van der Waals surface area contributed by atoms with E-state index >= 15 is 0 Å². The van der Waals surface area contributed by atoms with Crippen LogP contribution in [0.1, 0.15) is 36.1 Å². The molecule has 0 fully saturated rings. The van der Waals surface area contributed by atoms with Gasteiger partial charge in [-0.15, -0.1) is 10.5 Å². The normalized spacial score (nSPS) is 10.9. The highest BCUT2D eigenvalue weighted by atomic mass is 16.8. The molecule has 0 heterocycles. The van der Waals surface area contributed by atoms with Gasteiger partial charge in [-0.1, -0.05) is 86.6 Å². The van der Waals surface area contributed by atoms with Gasteiger partial charge in [0.15, 0.2) is 0 Å². The molecular weight excluding hydrogens is 440 g/mol. The summed E-state index contributed by atoms with van der Waals surface area (Å²) in [4.78, 5) is 0. The van der Waals surface area contributed by atoms with E-state index < -0.39 is 0 Å². The molecule has 180 valence electrons. The van der Waals surface area contributed by atoms with E-state index in [1.165, 1.54) is 0 Å². The number of anilines is 2. The Labute approximate surface area is 205 Å². The maximum Gasteiger partial charge on any atom is 0.102 e. The number of nitrogens with zero attached hydrogens (tertiary/aromatic N) is 2. The Balaban J connectivity index is 1.90. The third kappa shape index (κ3) is 4.92. The van der Waals surface area contributed by atoms with Gasteiger partial charge >= 0.3 is 0 Å². The van der Waals surface area contributed by atoms with Crippen LogP contribution in [0.3, 0.4) is 0 Å². The Morgan fingerprint density at radius 1 is 0.514 bits per heavy atom. The molecular formula is C29H30N2O4. The van der Waals surface area contributed by atoms with E-state index in [4.69, 9.17) is 0 Å². The first-order valence-electron chi connectivity index (χ1n) is 11.7. The van der Waals surface area contributed by atoms with Crippen LogP contribution < -0.4 is 10.5 Å². The second-order valence-electron chi connectivity index (χ2n) is 8.39. The van der Waals surface area contributed by atoms with Gasteiger partial charge in [-0.2, -0.15) is 0 Å². The van der Waals surface area contributed by atoms with Gasteiger partial charge in [0, 0.05) is 11.1 Å². The van der Waals surface area contributed by atoms with E-state index in [0.717, 1.165) is 44.5 Å². The minimum Gasteiger partial charge on any atom is -0.264 e. The van der Waals surface area contributed by atoms with E-state index in [2.05, 4.69) is 13.8 Å². The lowest BCUT2D eigenvalue weighted by atomic mass is 9.86. The van der Waals surface area contributed by atoms with Crippen LogP contribution in [-0.2, 0) is 19.3 Å². The molecule has 0 aromatic heterocycles. The fourth-order valence-electron chi connectivity index (χ4n) is 4.89. The summed E-state index contributed by atoms with van der Waals surface area (Å²) in [6, 6.07) is 26.7. The van der Waals surface area contributed by atoms with Gasteiger partial charge in [0.05, 0.1) is 0 Å². The molecule has 4 rings (SSSR count). The molecule has 0 radical (unpaired) electrons. The maximum absolute atomic E-state index is 9.93. The van der Waals surface area contributed by atoms with E-state index in [1.54, 1.807) is 12.1 Å². The van der Waals surface area contributed by atoms with Gasteiger partial charge in [0.25, 0.3) is 0 Å². The van der Waals surface area contributed by atoms with Crippen molar-refractivity contribution in [1.82, 2.24) is 0 Å². The van der Waals surface area contributed by atoms with Crippen molar-refractivity contribution in [3.8, 4) is 22.3 Å². The minimum atomic E-state index is 0.183. The number of benzene rings is 4. The summed E-state index contributed by atoms with van der Waals surface area (Å²) in [5.74, 6) is 0. The van der Waals surface area contributed by atoms with E-state index in [-0.39, 0.29) is 10.5 Å². The highest BCUT2D eigenvalue weighted by Gasteiger charge is 2.21. The molecule has 0 aliphatic heterocycles. The van der Waals surface area contributed by atoms with Crippen LogP contribution >= 0.6 is 0 Å². The van der Waals surface area contributed by atoms with Crippen molar-refractivity contribution < 1.29 is 20.8 Å². The van der Waals surface area contributed by atoms with Gasteiger partial charge in [0.2, 0.25) is 0 Å². The molecule has 6 heteroatoms. The van der Waals surface area contributed by atoms with Crippen LogP contribution in [0.5, 0.6) is 0 Å². The zero-order chi connectivity index (χ0) is 24.9. The fourth-order valence-corrected chi connectivity index (χ4v) is 4.89. The monoisotopic (exact) mass is 470 g/mol. The lowest BCUT2D eigenvalue weighted by Gasteiger charge is -2.23. The molecule has 35 heavy (non-hydrogen) atoms. The second kappa shape index (κ2) is 10.7. The Hall–Kier alpha value is -3.68. The molecule has 4 aromatic carbocycles. The van der Waals surface area contributed by atoms with Gasteiger partial charge in [-0.3, -0.25) is 20.8 Å². The first-order valence-corrected chi connectivity index (χ1v) is 11.7. The third-order valence-electron chi connectivity index (χ3n) is 6.42. The van der Waals surface area contributed by atoms with Crippen LogP contribution in [-0.4, -0.2) is 20.8 Å². The average molecular weight is 471 g/mol. The summed E-state index contributed by atoms with van der Waals surface area (Å²) < 4.78 is 0. The summed E-state index contributed by atoms with van der Waals surface area (Å²) in [6.45, 7) is 4.12. The van der Waals surface area contributed by atoms with Crippen LogP contribution in [0, 0.1) is 0 Å². The summed E-state index contributed by atoms with van der Waals surface area (Å²) in [5, 5.41) is 40.1. The fraction of sp³-hybridized carbons (Fsp3) is 0.172. The van der Waals surface area contributed by atoms with Crippen molar-refractivity contribution >= 4 is 11.4 Å². The van der Waals surface area contributed by atoms with Crippen LogP contribution in [0.15, 0.2) is 84.9 Å². The SMILES string of the molecule is CCc1c(Cc2ccc(N(O)O)c(-c3ccccc3)c2CC)ccc(N(O)O)c1-c1ccccc1. The number of hydrogen-bond acceptors (Lipinski definition) is 6. The lowest BCUT2D eigenvalue weighted by Crippen LogP contribution is -2.15. The number of hydrogen-bond donors (Lipinski definition) is 4. The highest BCUT2D eigenvalue weighted by molar-refractivity contribution is 5.83. The van der Waals surface area contributed by atoms with Crippen LogP contribution in [0.2, 0.25) is 0 Å². The molecule has 0 spiro atoms. The Morgan fingerprint density at radius 2 is 0.886 bits per heavy atom. The van der Waals surface area contributed by atoms with Crippen molar-refractivity contribution in [1.29, 1.82) is 0 Å². The average Bonchev–Trinajstić information content (AvgIpc) is 2.88. The van der Waals surface area contributed by atoms with Crippen molar-refractivity contribution in [2.75, 3.05) is 10.5 Å². The predicted molar refractivity (Wildman–Crippen MR) is 137 cm³/mol. The van der Waals surface area contributed by atoms with Gasteiger partial charge in [0.1, 0.15) is 11.4 Å². The first kappa shape index (κ1) is 24.4. The van der Waals surface area contributed by atoms with Gasteiger partial charge in [-0.25, -0.2) is 0 Å². The lowest BCUT2D eigenvalue weighted by molar-refractivity contribution is 0.0288. The molecule has 0 amide bonds. The summed E-state index contributed by atoms with van der Waals surface area (Å²) >= 11 is 0.